The number of methoxy groups -OCH3 is 1. The molecule has 0 bridgehead atoms. The fourth-order valence-electron chi connectivity index (χ4n) is 6.10. The largest absolute Gasteiger partial charge is 0.497 e. The van der Waals surface area contributed by atoms with Crippen LogP contribution < -0.4 is 14.5 Å². The molecule has 2 aromatic carbocycles. The highest BCUT2D eigenvalue weighted by Crippen LogP contribution is 2.37. The molecular formula is C34H43F3N6O. The molecule has 5 rings (SSSR count). The Morgan fingerprint density at radius 1 is 0.955 bits per heavy atom. The molecule has 0 spiro atoms. The Morgan fingerprint density at radius 3 is 2.20 bits per heavy atom. The van der Waals surface area contributed by atoms with Gasteiger partial charge >= 0.3 is 6.18 Å². The molecule has 0 unspecified atom stereocenters. The Bertz CT molecular complexity index is 1650. The van der Waals surface area contributed by atoms with Crippen LogP contribution in [0.3, 0.4) is 0 Å². The number of aryl methyl sites for hydroxylation is 1. The topological polar surface area (TPSA) is 59.3 Å². The minimum Gasteiger partial charge on any atom is -0.497 e. The fourth-order valence-corrected chi connectivity index (χ4v) is 6.10. The zero-order valence-electron chi connectivity index (χ0n) is 27.2. The van der Waals surface area contributed by atoms with Crippen LogP contribution in [0.2, 0.25) is 0 Å². The van der Waals surface area contributed by atoms with Gasteiger partial charge in [-0.2, -0.15) is 18.2 Å². The summed E-state index contributed by atoms with van der Waals surface area (Å²) in [5, 5.41) is 0. The van der Waals surface area contributed by atoms with Crippen LogP contribution in [0.25, 0.3) is 11.2 Å². The second kappa shape index (κ2) is 11.3. The number of alkyl halides is 3. The van der Waals surface area contributed by atoms with Gasteiger partial charge in [-0.1, -0.05) is 39.0 Å². The molecule has 1 fully saturated rings. The lowest BCUT2D eigenvalue weighted by atomic mass is 9.84. The van der Waals surface area contributed by atoms with Gasteiger partial charge in [-0.05, 0) is 81.0 Å². The lowest BCUT2D eigenvalue weighted by Gasteiger charge is -2.48. The van der Waals surface area contributed by atoms with Crippen LogP contribution in [0.15, 0.2) is 42.5 Å². The number of anilines is 2. The average molecular weight is 609 g/mol. The molecule has 236 valence electrons. The fraction of sp³-hybridized carbons (Fsp3) is 0.500. The molecule has 10 heteroatoms. The molecular weight excluding hydrogens is 565 g/mol. The van der Waals surface area contributed by atoms with E-state index in [9.17, 15) is 13.2 Å². The van der Waals surface area contributed by atoms with Crippen molar-refractivity contribution in [3.05, 3.63) is 70.7 Å². The van der Waals surface area contributed by atoms with Gasteiger partial charge in [0.1, 0.15) is 11.3 Å². The van der Waals surface area contributed by atoms with Crippen molar-refractivity contribution in [2.24, 2.45) is 0 Å². The van der Waals surface area contributed by atoms with Gasteiger partial charge in [-0.15, -0.1) is 0 Å². The standard InChI is InChI=1S/C34H43F3N6O/c1-21(2)43-28-27(19-23-18-24(32(4,5)6)11-10-22(23)3)38-31(40-29(28)39-30(43)34(35,36)37)41-16-17-42(33(7,8)20-41)25-12-14-26(44-9)15-13-25/h10-15,18,21H,16-17,19-20H2,1-9H3. The van der Waals surface area contributed by atoms with E-state index in [1.807, 2.05) is 31.2 Å². The van der Waals surface area contributed by atoms with E-state index in [4.69, 9.17) is 14.7 Å². The number of nitrogens with zero attached hydrogens (tertiary/aromatic N) is 6. The van der Waals surface area contributed by atoms with Crippen molar-refractivity contribution < 1.29 is 17.9 Å². The predicted octanol–water partition coefficient (Wildman–Crippen LogP) is 7.74. The molecule has 0 amide bonds. The average Bonchev–Trinajstić information content (AvgIpc) is 3.34. The molecule has 0 radical (unpaired) electrons. The van der Waals surface area contributed by atoms with Crippen molar-refractivity contribution in [1.82, 2.24) is 19.5 Å². The molecule has 1 aliphatic rings. The molecule has 4 aromatic rings. The first-order chi connectivity index (χ1) is 20.5. The molecule has 1 aliphatic heterocycles. The van der Waals surface area contributed by atoms with Crippen molar-refractivity contribution in [3.8, 4) is 5.75 Å². The zero-order chi connectivity index (χ0) is 32.2. The third-order valence-corrected chi connectivity index (χ3v) is 8.52. The second-order valence-electron chi connectivity index (χ2n) is 13.7. The first-order valence-electron chi connectivity index (χ1n) is 15.1. The number of ether oxygens (including phenoxy) is 1. The molecule has 0 N–H and O–H groups in total. The summed E-state index contributed by atoms with van der Waals surface area (Å²) in [7, 11) is 1.65. The maximum atomic E-state index is 14.3. The highest BCUT2D eigenvalue weighted by Gasteiger charge is 2.40. The van der Waals surface area contributed by atoms with Crippen LogP contribution in [0, 0.1) is 6.92 Å². The van der Waals surface area contributed by atoms with Gasteiger partial charge in [0.15, 0.2) is 5.65 Å². The van der Waals surface area contributed by atoms with Gasteiger partial charge in [0.2, 0.25) is 11.8 Å². The summed E-state index contributed by atoms with van der Waals surface area (Å²) in [5.74, 6) is 0.253. The summed E-state index contributed by atoms with van der Waals surface area (Å²) in [4.78, 5) is 18.2. The van der Waals surface area contributed by atoms with Crippen LogP contribution in [-0.4, -0.2) is 51.8 Å². The number of piperazine rings is 1. The van der Waals surface area contributed by atoms with E-state index in [1.165, 1.54) is 4.57 Å². The Labute approximate surface area is 258 Å². The van der Waals surface area contributed by atoms with Crippen molar-refractivity contribution >= 4 is 22.8 Å². The lowest BCUT2D eigenvalue weighted by molar-refractivity contribution is -0.147. The van der Waals surface area contributed by atoms with E-state index in [1.54, 1.807) is 21.0 Å². The molecule has 2 aromatic heterocycles. The minimum atomic E-state index is -4.63. The van der Waals surface area contributed by atoms with Gasteiger partial charge in [-0.25, -0.2) is 9.97 Å². The van der Waals surface area contributed by atoms with E-state index in [-0.39, 0.29) is 16.6 Å². The van der Waals surface area contributed by atoms with E-state index in [2.05, 4.69) is 67.6 Å². The van der Waals surface area contributed by atoms with E-state index in [0.717, 1.165) is 28.1 Å². The zero-order valence-corrected chi connectivity index (χ0v) is 27.2. The van der Waals surface area contributed by atoms with Gasteiger partial charge in [0.25, 0.3) is 0 Å². The first-order valence-corrected chi connectivity index (χ1v) is 15.1. The Balaban J connectivity index is 1.61. The third-order valence-electron chi connectivity index (χ3n) is 8.52. The number of imidazole rings is 1. The summed E-state index contributed by atoms with van der Waals surface area (Å²) < 4.78 is 49.5. The van der Waals surface area contributed by atoms with Gasteiger partial charge in [0.05, 0.1) is 18.3 Å². The normalized spacial score (nSPS) is 15.8. The maximum absolute atomic E-state index is 14.3. The van der Waals surface area contributed by atoms with E-state index < -0.39 is 18.0 Å². The predicted molar refractivity (Wildman–Crippen MR) is 170 cm³/mol. The SMILES string of the molecule is COc1ccc(N2CCN(c3nc(Cc4cc(C(C)(C)C)ccc4C)c4c(n3)nc(C(F)(F)F)n4C(C)C)CC2(C)C)cc1. The number of hydrogen-bond donors (Lipinski definition) is 0. The van der Waals surface area contributed by atoms with Crippen molar-refractivity contribution in [2.45, 2.75) is 85.0 Å². The number of aromatic nitrogens is 4. The van der Waals surface area contributed by atoms with Crippen LogP contribution >= 0.6 is 0 Å². The molecule has 7 nitrogen and oxygen atoms in total. The Kier molecular flexibility index (Phi) is 8.10. The Morgan fingerprint density at radius 2 is 1.64 bits per heavy atom. The van der Waals surface area contributed by atoms with Crippen LogP contribution in [0.5, 0.6) is 5.75 Å². The minimum absolute atomic E-state index is 0.0750. The number of fused-ring (bicyclic) bond motifs is 1. The van der Waals surface area contributed by atoms with Crippen LogP contribution in [0.4, 0.5) is 24.8 Å². The first kappa shape index (κ1) is 31.6. The maximum Gasteiger partial charge on any atom is 0.449 e. The highest BCUT2D eigenvalue weighted by molar-refractivity contribution is 5.77. The van der Waals surface area contributed by atoms with Crippen molar-refractivity contribution in [3.63, 3.8) is 0 Å². The summed E-state index contributed by atoms with van der Waals surface area (Å²) in [6.07, 6.45) is -4.26. The number of rotatable bonds is 6. The quantitative estimate of drug-likeness (QED) is 0.223. The molecule has 0 saturated carbocycles. The lowest BCUT2D eigenvalue weighted by Crippen LogP contribution is -2.60. The second-order valence-corrected chi connectivity index (χ2v) is 13.7. The molecule has 44 heavy (non-hydrogen) atoms. The summed E-state index contributed by atoms with van der Waals surface area (Å²) in [6, 6.07) is 13.8. The highest BCUT2D eigenvalue weighted by atomic mass is 19.4. The van der Waals surface area contributed by atoms with E-state index >= 15 is 0 Å². The van der Waals surface area contributed by atoms with E-state index in [0.29, 0.717) is 43.2 Å². The van der Waals surface area contributed by atoms with Crippen LogP contribution in [0.1, 0.15) is 82.7 Å². The third kappa shape index (κ3) is 6.08. The molecule has 1 saturated heterocycles. The summed E-state index contributed by atoms with van der Waals surface area (Å²) in [6.45, 7) is 18.1. The van der Waals surface area contributed by atoms with Gasteiger partial charge < -0.3 is 19.1 Å². The van der Waals surface area contributed by atoms with Crippen molar-refractivity contribution in [1.29, 1.82) is 0 Å². The van der Waals surface area contributed by atoms with Crippen molar-refractivity contribution in [2.75, 3.05) is 36.5 Å². The number of halogens is 3. The summed E-state index contributed by atoms with van der Waals surface area (Å²) >= 11 is 0. The molecule has 0 atom stereocenters. The molecule has 3 heterocycles. The number of hydrogen-bond acceptors (Lipinski definition) is 6. The molecule has 0 aliphatic carbocycles. The Hall–Kier alpha value is -3.82. The van der Waals surface area contributed by atoms with Gasteiger partial charge in [-0.3, -0.25) is 0 Å². The van der Waals surface area contributed by atoms with Crippen LogP contribution in [-0.2, 0) is 18.0 Å². The number of benzene rings is 2. The monoisotopic (exact) mass is 608 g/mol. The smallest absolute Gasteiger partial charge is 0.449 e. The summed E-state index contributed by atoms with van der Waals surface area (Å²) in [5.41, 5.74) is 4.90. The van der Waals surface area contributed by atoms with Gasteiger partial charge in [0, 0.05) is 37.8 Å².